The Balaban J connectivity index is 1.63. The number of hydrogen-bond acceptors (Lipinski definition) is 6. The van der Waals surface area contributed by atoms with Gasteiger partial charge in [-0.1, -0.05) is 0 Å². The van der Waals surface area contributed by atoms with Gasteiger partial charge in [0.15, 0.2) is 0 Å². The maximum atomic E-state index is 12.7. The van der Waals surface area contributed by atoms with Gasteiger partial charge < -0.3 is 15.3 Å². The van der Waals surface area contributed by atoms with Crippen LogP contribution in [0.25, 0.3) is 0 Å². The smallest absolute Gasteiger partial charge is 0.258 e. The number of aliphatic hydroxyl groups excluding tert-OH is 1. The van der Waals surface area contributed by atoms with Crippen LogP contribution >= 0.6 is 11.5 Å². The average molecular weight is 324 g/mol. The minimum atomic E-state index is -0.193. The normalized spacial score (nSPS) is 26.4. The molecule has 1 aromatic rings. The highest BCUT2D eigenvalue weighted by Gasteiger charge is 2.34. The zero-order chi connectivity index (χ0) is 15.7. The van der Waals surface area contributed by atoms with E-state index in [1.807, 2.05) is 18.9 Å². The van der Waals surface area contributed by atoms with Crippen LogP contribution in [0.4, 0.5) is 5.00 Å². The number of amides is 1. The highest BCUT2D eigenvalue weighted by atomic mass is 32.1. The molecule has 2 atom stereocenters. The van der Waals surface area contributed by atoms with Crippen molar-refractivity contribution in [3.8, 4) is 0 Å². The second-order valence-corrected chi connectivity index (χ2v) is 6.89. The van der Waals surface area contributed by atoms with Gasteiger partial charge in [0.05, 0.1) is 17.4 Å². The number of aliphatic hydroxyl groups is 1. The maximum absolute atomic E-state index is 12.7. The molecule has 3 rings (SSSR count). The summed E-state index contributed by atoms with van der Waals surface area (Å²) in [6.07, 6.45) is 2.90. The van der Waals surface area contributed by atoms with Crippen LogP contribution in [0.15, 0.2) is 0 Å². The fraction of sp³-hybridized carbons (Fsp3) is 0.733. The Morgan fingerprint density at radius 3 is 2.64 bits per heavy atom. The Labute approximate surface area is 135 Å². The molecule has 2 aliphatic rings. The van der Waals surface area contributed by atoms with Crippen LogP contribution in [-0.4, -0.2) is 70.6 Å². The lowest BCUT2D eigenvalue weighted by atomic mass is 10.1. The van der Waals surface area contributed by atoms with E-state index in [9.17, 15) is 9.90 Å². The molecule has 22 heavy (non-hydrogen) atoms. The monoisotopic (exact) mass is 324 g/mol. The van der Waals surface area contributed by atoms with E-state index >= 15 is 0 Å². The van der Waals surface area contributed by atoms with E-state index in [0.717, 1.165) is 56.1 Å². The van der Waals surface area contributed by atoms with Crippen molar-refractivity contribution < 1.29 is 9.90 Å². The topological polar surface area (TPSA) is 68.7 Å². The summed E-state index contributed by atoms with van der Waals surface area (Å²) in [5, 5.41) is 13.9. The van der Waals surface area contributed by atoms with Crippen molar-refractivity contribution in [3.05, 3.63) is 11.3 Å². The molecule has 1 aromatic heterocycles. The zero-order valence-corrected chi connectivity index (χ0v) is 14.0. The van der Waals surface area contributed by atoms with Crippen LogP contribution in [0, 0.1) is 6.92 Å². The van der Waals surface area contributed by atoms with Crippen molar-refractivity contribution in [1.82, 2.24) is 14.2 Å². The summed E-state index contributed by atoms with van der Waals surface area (Å²) in [5.74, 6) is 0.0715. The summed E-state index contributed by atoms with van der Waals surface area (Å²) in [6.45, 7) is 5.02. The fourth-order valence-electron chi connectivity index (χ4n) is 3.55. The number of piperazine rings is 1. The lowest BCUT2D eigenvalue weighted by molar-refractivity contribution is 0.0316. The predicted molar refractivity (Wildman–Crippen MR) is 87.5 cm³/mol. The number of nitrogens with zero attached hydrogens (tertiary/aromatic N) is 3. The van der Waals surface area contributed by atoms with Gasteiger partial charge in [-0.25, -0.2) is 0 Å². The van der Waals surface area contributed by atoms with Gasteiger partial charge in [-0.05, 0) is 37.7 Å². The van der Waals surface area contributed by atoms with Gasteiger partial charge in [-0.3, -0.25) is 9.69 Å². The van der Waals surface area contributed by atoms with E-state index in [-0.39, 0.29) is 18.1 Å². The van der Waals surface area contributed by atoms with Crippen molar-refractivity contribution in [1.29, 1.82) is 0 Å². The average Bonchev–Trinajstić information content (AvgIpc) is 3.12. The van der Waals surface area contributed by atoms with Crippen LogP contribution in [-0.2, 0) is 0 Å². The van der Waals surface area contributed by atoms with E-state index in [1.54, 1.807) is 0 Å². The number of nitrogens with one attached hydrogen (secondary N) is 1. The Bertz CT molecular complexity index is 540. The van der Waals surface area contributed by atoms with Gasteiger partial charge in [0.1, 0.15) is 5.00 Å². The second-order valence-electron chi connectivity index (χ2n) is 6.12. The molecule has 0 radical (unpaired) electrons. The summed E-state index contributed by atoms with van der Waals surface area (Å²) in [6, 6.07) is 0.287. The first-order chi connectivity index (χ1) is 10.6. The molecule has 2 N–H and O–H groups in total. The maximum Gasteiger partial charge on any atom is 0.258 e. The molecule has 1 saturated carbocycles. The summed E-state index contributed by atoms with van der Waals surface area (Å²) in [4.78, 5) is 17.0. The number of anilines is 1. The molecule has 7 heteroatoms. The fourth-order valence-corrected chi connectivity index (χ4v) is 4.29. The number of hydrogen-bond donors (Lipinski definition) is 2. The predicted octanol–water partition coefficient (Wildman–Crippen LogP) is 1.16. The first kappa shape index (κ1) is 15.7. The molecule has 122 valence electrons. The number of aromatic nitrogens is 1. The van der Waals surface area contributed by atoms with E-state index in [2.05, 4.69) is 14.6 Å². The largest absolute Gasteiger partial charge is 0.391 e. The molecule has 1 amide bonds. The van der Waals surface area contributed by atoms with Crippen molar-refractivity contribution >= 4 is 22.4 Å². The molecular weight excluding hydrogens is 300 g/mol. The number of carbonyl (C=O) groups is 1. The van der Waals surface area contributed by atoms with Crippen LogP contribution in [0.3, 0.4) is 0 Å². The second kappa shape index (κ2) is 6.52. The lowest BCUT2D eigenvalue weighted by Gasteiger charge is -2.39. The quantitative estimate of drug-likeness (QED) is 0.873. The highest BCUT2D eigenvalue weighted by Crippen LogP contribution is 2.28. The van der Waals surface area contributed by atoms with Gasteiger partial charge in [-0.15, -0.1) is 0 Å². The Morgan fingerprint density at radius 1 is 1.32 bits per heavy atom. The zero-order valence-electron chi connectivity index (χ0n) is 13.2. The summed E-state index contributed by atoms with van der Waals surface area (Å²) < 4.78 is 4.28. The summed E-state index contributed by atoms with van der Waals surface area (Å²) in [5.41, 5.74) is 1.51. The SMILES string of the molecule is CNc1snc(C)c1C(=O)N1CCN(C2CCCC2O)CC1. The Morgan fingerprint density at radius 2 is 2.05 bits per heavy atom. The molecule has 2 heterocycles. The van der Waals surface area contributed by atoms with Crippen molar-refractivity contribution in [2.45, 2.75) is 38.3 Å². The van der Waals surface area contributed by atoms with Gasteiger partial charge in [0.2, 0.25) is 0 Å². The molecule has 1 aliphatic heterocycles. The first-order valence-corrected chi connectivity index (χ1v) is 8.74. The van der Waals surface area contributed by atoms with Crippen LogP contribution < -0.4 is 5.32 Å². The van der Waals surface area contributed by atoms with Gasteiger partial charge in [0.25, 0.3) is 5.91 Å². The molecule has 2 unspecified atom stereocenters. The molecule has 0 spiro atoms. The van der Waals surface area contributed by atoms with Crippen molar-refractivity contribution in [2.24, 2.45) is 0 Å². The van der Waals surface area contributed by atoms with Crippen molar-refractivity contribution in [3.63, 3.8) is 0 Å². The summed E-state index contributed by atoms with van der Waals surface area (Å²) >= 11 is 1.34. The van der Waals surface area contributed by atoms with Gasteiger partial charge >= 0.3 is 0 Å². The Kier molecular flexibility index (Phi) is 4.65. The number of rotatable bonds is 3. The van der Waals surface area contributed by atoms with Crippen LogP contribution in [0.5, 0.6) is 0 Å². The summed E-state index contributed by atoms with van der Waals surface area (Å²) in [7, 11) is 1.82. The molecule has 2 fully saturated rings. The van der Waals surface area contributed by atoms with E-state index in [0.29, 0.717) is 5.56 Å². The molecule has 6 nitrogen and oxygen atoms in total. The highest BCUT2D eigenvalue weighted by molar-refractivity contribution is 7.10. The van der Waals surface area contributed by atoms with E-state index < -0.39 is 0 Å². The third kappa shape index (κ3) is 2.85. The minimum absolute atomic E-state index is 0.0715. The minimum Gasteiger partial charge on any atom is -0.391 e. The Hall–Kier alpha value is -1.18. The number of aryl methyl sites for hydroxylation is 1. The third-order valence-corrected chi connectivity index (χ3v) is 5.77. The third-order valence-electron chi connectivity index (χ3n) is 4.82. The van der Waals surface area contributed by atoms with Crippen LogP contribution in [0.2, 0.25) is 0 Å². The lowest BCUT2D eigenvalue weighted by Crippen LogP contribution is -2.53. The molecule has 0 aromatic carbocycles. The van der Waals surface area contributed by atoms with Crippen molar-refractivity contribution in [2.75, 3.05) is 38.5 Å². The van der Waals surface area contributed by atoms with Gasteiger partial charge in [0, 0.05) is 39.3 Å². The standard InChI is InChI=1S/C15H24N4O2S/c1-10-13(14(16-2)22-17-10)15(21)19-8-6-18(7-9-19)11-4-3-5-12(11)20/h11-12,16,20H,3-9H2,1-2H3. The van der Waals surface area contributed by atoms with E-state index in [4.69, 9.17) is 0 Å². The molecule has 1 saturated heterocycles. The molecule has 0 bridgehead atoms. The first-order valence-electron chi connectivity index (χ1n) is 7.97. The van der Waals surface area contributed by atoms with Crippen LogP contribution in [0.1, 0.15) is 35.3 Å². The molecular formula is C15H24N4O2S. The van der Waals surface area contributed by atoms with E-state index in [1.165, 1.54) is 11.5 Å². The van der Waals surface area contributed by atoms with Gasteiger partial charge in [-0.2, -0.15) is 4.37 Å². The molecule has 1 aliphatic carbocycles. The number of carbonyl (C=O) groups excluding carboxylic acids is 1.